The largest absolute Gasteiger partial charge is 0.508 e. The number of benzene rings is 1. The summed E-state index contributed by atoms with van der Waals surface area (Å²) in [5.41, 5.74) is 0.955. The highest BCUT2D eigenvalue weighted by Crippen LogP contribution is 2.14. The molecule has 0 unspecified atom stereocenters. The van der Waals surface area contributed by atoms with Crippen molar-refractivity contribution in [2.45, 2.75) is 33.4 Å². The molecule has 1 aromatic carbocycles. The first-order valence-corrected chi connectivity index (χ1v) is 6.12. The van der Waals surface area contributed by atoms with Gasteiger partial charge in [0.25, 0.3) is 0 Å². The van der Waals surface area contributed by atoms with Crippen LogP contribution in [0.1, 0.15) is 25.0 Å². The predicted octanol–water partition coefficient (Wildman–Crippen LogP) is 2.31. The molecule has 1 aromatic heterocycles. The third-order valence-electron chi connectivity index (χ3n) is 2.78. The molecule has 2 N–H and O–H groups in total. The fourth-order valence-corrected chi connectivity index (χ4v) is 1.83. The Bertz CT molecular complexity index is 504. The summed E-state index contributed by atoms with van der Waals surface area (Å²) in [4.78, 5) is 0. The molecule has 0 radical (unpaired) electrons. The molecule has 2 aromatic rings. The molecule has 5 heteroatoms. The second kappa shape index (κ2) is 5.53. The first-order chi connectivity index (χ1) is 8.70. The smallest absolute Gasteiger partial charge is 0.152 e. The van der Waals surface area contributed by atoms with E-state index in [9.17, 15) is 5.11 Å². The minimum atomic E-state index is 0.269. The van der Waals surface area contributed by atoms with E-state index in [0.29, 0.717) is 6.54 Å². The second-order valence-electron chi connectivity index (χ2n) is 4.22. The van der Waals surface area contributed by atoms with Crippen molar-refractivity contribution in [2.75, 3.05) is 5.32 Å². The van der Waals surface area contributed by atoms with Gasteiger partial charge in [-0.1, -0.05) is 6.92 Å². The van der Waals surface area contributed by atoms with Crippen LogP contribution < -0.4 is 5.32 Å². The quantitative estimate of drug-likeness (QED) is 0.795. The monoisotopic (exact) mass is 246 g/mol. The molecule has 96 valence electrons. The molecule has 5 nitrogen and oxygen atoms in total. The van der Waals surface area contributed by atoms with Crippen molar-refractivity contribution < 1.29 is 5.11 Å². The zero-order valence-electron chi connectivity index (χ0n) is 10.7. The Labute approximate surface area is 106 Å². The first-order valence-electron chi connectivity index (χ1n) is 6.12. The minimum Gasteiger partial charge on any atom is -0.508 e. The SMILES string of the molecule is CCCn1c(C)nnc1CNc1ccc(O)cc1. The lowest BCUT2D eigenvalue weighted by Crippen LogP contribution is -2.09. The van der Waals surface area contributed by atoms with Crippen LogP contribution >= 0.6 is 0 Å². The van der Waals surface area contributed by atoms with E-state index in [4.69, 9.17) is 0 Å². The van der Waals surface area contributed by atoms with Crippen molar-refractivity contribution in [2.24, 2.45) is 0 Å². The molecule has 0 atom stereocenters. The number of rotatable bonds is 5. The molecule has 0 bridgehead atoms. The Hall–Kier alpha value is -2.04. The van der Waals surface area contributed by atoms with Crippen LogP contribution in [0.3, 0.4) is 0 Å². The van der Waals surface area contributed by atoms with Gasteiger partial charge in [0.05, 0.1) is 6.54 Å². The van der Waals surface area contributed by atoms with Gasteiger partial charge in [-0.25, -0.2) is 0 Å². The average Bonchev–Trinajstić information content (AvgIpc) is 2.71. The number of phenols is 1. The Morgan fingerprint density at radius 1 is 1.22 bits per heavy atom. The fourth-order valence-electron chi connectivity index (χ4n) is 1.83. The van der Waals surface area contributed by atoms with E-state index in [1.165, 1.54) is 0 Å². The summed E-state index contributed by atoms with van der Waals surface area (Å²) in [5.74, 6) is 2.15. The molecule has 1 heterocycles. The highest BCUT2D eigenvalue weighted by Gasteiger charge is 2.07. The maximum atomic E-state index is 9.21. The van der Waals surface area contributed by atoms with Crippen LogP contribution in [0, 0.1) is 6.92 Å². The van der Waals surface area contributed by atoms with Gasteiger partial charge in [0.2, 0.25) is 0 Å². The number of nitrogens with zero attached hydrogens (tertiary/aromatic N) is 3. The van der Waals surface area contributed by atoms with Gasteiger partial charge < -0.3 is 15.0 Å². The van der Waals surface area contributed by atoms with Gasteiger partial charge in [0, 0.05) is 12.2 Å². The number of hydrogen-bond acceptors (Lipinski definition) is 4. The number of nitrogens with one attached hydrogen (secondary N) is 1. The minimum absolute atomic E-state index is 0.269. The van der Waals surface area contributed by atoms with Crippen LogP contribution in [0.15, 0.2) is 24.3 Å². The molecule has 0 aliphatic rings. The number of phenolic OH excluding ortho intramolecular Hbond substituents is 1. The van der Waals surface area contributed by atoms with Crippen molar-refractivity contribution >= 4 is 5.69 Å². The van der Waals surface area contributed by atoms with Crippen LogP contribution in [-0.4, -0.2) is 19.9 Å². The summed E-state index contributed by atoms with van der Waals surface area (Å²) in [6.45, 7) is 5.67. The van der Waals surface area contributed by atoms with Gasteiger partial charge in [-0.2, -0.15) is 0 Å². The third-order valence-corrected chi connectivity index (χ3v) is 2.78. The fraction of sp³-hybridized carbons (Fsp3) is 0.385. The topological polar surface area (TPSA) is 63.0 Å². The van der Waals surface area contributed by atoms with Crippen molar-refractivity contribution in [3.63, 3.8) is 0 Å². The number of anilines is 1. The molecule has 18 heavy (non-hydrogen) atoms. The molecular formula is C13H18N4O. The second-order valence-corrected chi connectivity index (χ2v) is 4.22. The summed E-state index contributed by atoms with van der Waals surface area (Å²) in [6.07, 6.45) is 1.06. The Balaban J connectivity index is 2.03. The van der Waals surface area contributed by atoms with E-state index in [0.717, 1.165) is 30.3 Å². The zero-order valence-corrected chi connectivity index (χ0v) is 10.7. The number of aromatic nitrogens is 3. The van der Waals surface area contributed by atoms with E-state index in [1.807, 2.05) is 19.1 Å². The molecule has 0 saturated carbocycles. The Morgan fingerprint density at radius 2 is 1.94 bits per heavy atom. The predicted molar refractivity (Wildman–Crippen MR) is 70.5 cm³/mol. The Kier molecular flexibility index (Phi) is 3.82. The van der Waals surface area contributed by atoms with Crippen molar-refractivity contribution in [3.8, 4) is 5.75 Å². The first kappa shape index (κ1) is 12.4. The van der Waals surface area contributed by atoms with Crippen LogP contribution in [-0.2, 0) is 13.1 Å². The van der Waals surface area contributed by atoms with Gasteiger partial charge >= 0.3 is 0 Å². The van der Waals surface area contributed by atoms with Crippen molar-refractivity contribution in [1.29, 1.82) is 0 Å². The normalized spacial score (nSPS) is 10.6. The zero-order chi connectivity index (χ0) is 13.0. The highest BCUT2D eigenvalue weighted by molar-refractivity contribution is 5.45. The number of aromatic hydroxyl groups is 1. The van der Waals surface area contributed by atoms with E-state index < -0.39 is 0 Å². The van der Waals surface area contributed by atoms with Gasteiger partial charge in [0.15, 0.2) is 5.82 Å². The molecular weight excluding hydrogens is 228 g/mol. The van der Waals surface area contributed by atoms with Crippen LogP contribution in [0.5, 0.6) is 5.75 Å². The van der Waals surface area contributed by atoms with Crippen molar-refractivity contribution in [3.05, 3.63) is 35.9 Å². The molecule has 0 amide bonds. The lowest BCUT2D eigenvalue weighted by atomic mass is 10.3. The maximum Gasteiger partial charge on any atom is 0.152 e. The molecule has 0 aliphatic heterocycles. The van der Waals surface area contributed by atoms with E-state index >= 15 is 0 Å². The lowest BCUT2D eigenvalue weighted by Gasteiger charge is -2.09. The Morgan fingerprint density at radius 3 is 2.61 bits per heavy atom. The highest BCUT2D eigenvalue weighted by atomic mass is 16.3. The molecule has 0 aliphatic carbocycles. The van der Waals surface area contributed by atoms with Gasteiger partial charge in [-0.05, 0) is 37.6 Å². The van der Waals surface area contributed by atoms with Gasteiger partial charge in [-0.15, -0.1) is 10.2 Å². The van der Waals surface area contributed by atoms with Gasteiger partial charge in [-0.3, -0.25) is 0 Å². The molecule has 0 fully saturated rings. The summed E-state index contributed by atoms with van der Waals surface area (Å²) in [5, 5.41) is 20.7. The summed E-state index contributed by atoms with van der Waals surface area (Å²) in [6, 6.07) is 6.99. The number of aryl methyl sites for hydroxylation is 1. The third kappa shape index (κ3) is 2.80. The van der Waals surface area contributed by atoms with Crippen LogP contribution in [0.4, 0.5) is 5.69 Å². The van der Waals surface area contributed by atoms with Crippen molar-refractivity contribution in [1.82, 2.24) is 14.8 Å². The lowest BCUT2D eigenvalue weighted by molar-refractivity contribution is 0.475. The molecule has 0 saturated heterocycles. The molecule has 0 spiro atoms. The summed E-state index contributed by atoms with van der Waals surface area (Å²) < 4.78 is 2.12. The van der Waals surface area contributed by atoms with Gasteiger partial charge in [0.1, 0.15) is 11.6 Å². The van der Waals surface area contributed by atoms with Crippen LogP contribution in [0.25, 0.3) is 0 Å². The average molecular weight is 246 g/mol. The maximum absolute atomic E-state index is 9.21. The molecule has 2 rings (SSSR count). The summed E-state index contributed by atoms with van der Waals surface area (Å²) in [7, 11) is 0. The number of hydrogen-bond donors (Lipinski definition) is 2. The standard InChI is InChI=1S/C13H18N4O/c1-3-8-17-10(2)15-16-13(17)9-14-11-4-6-12(18)7-5-11/h4-7,14,18H,3,8-9H2,1-2H3. The van der Waals surface area contributed by atoms with E-state index in [1.54, 1.807) is 12.1 Å². The van der Waals surface area contributed by atoms with E-state index in [-0.39, 0.29) is 5.75 Å². The summed E-state index contributed by atoms with van der Waals surface area (Å²) >= 11 is 0. The van der Waals surface area contributed by atoms with E-state index in [2.05, 4.69) is 27.0 Å². The van der Waals surface area contributed by atoms with Crippen LogP contribution in [0.2, 0.25) is 0 Å².